The molecule has 3 aromatic rings. The van der Waals surface area contributed by atoms with E-state index in [1.54, 1.807) is 0 Å². The zero-order valence-corrected chi connectivity index (χ0v) is 21.8. The van der Waals surface area contributed by atoms with Gasteiger partial charge >= 0.3 is 0 Å². The van der Waals surface area contributed by atoms with E-state index >= 15 is 0 Å². The molecule has 9 atom stereocenters. The number of hydrogen-bond acceptors (Lipinski definition) is 17. The highest BCUT2D eigenvalue weighted by molar-refractivity contribution is 5.89. The van der Waals surface area contributed by atoms with Crippen LogP contribution in [0.4, 0.5) is 0 Å². The molecule has 43 heavy (non-hydrogen) atoms. The summed E-state index contributed by atoms with van der Waals surface area (Å²) in [5.74, 6) is -5.82. The van der Waals surface area contributed by atoms with Crippen LogP contribution in [0.5, 0.6) is 34.5 Å². The highest BCUT2D eigenvalue weighted by Crippen LogP contribution is 2.54. The van der Waals surface area contributed by atoms with E-state index in [9.17, 15) is 61.0 Å². The molecule has 0 spiro atoms. The lowest BCUT2D eigenvalue weighted by atomic mass is 9.99. The average molecular weight is 612 g/mol. The average Bonchev–Trinajstić information content (AvgIpc) is 2.99. The molecule has 2 aliphatic heterocycles. The van der Waals surface area contributed by atoms with Crippen LogP contribution in [0.25, 0.3) is 22.1 Å². The fourth-order valence-corrected chi connectivity index (χ4v) is 4.70. The van der Waals surface area contributed by atoms with Gasteiger partial charge in [0.05, 0.1) is 29.7 Å². The van der Waals surface area contributed by atoms with Crippen LogP contribution in [0, 0.1) is 0 Å². The summed E-state index contributed by atoms with van der Waals surface area (Å²) in [4.78, 5) is 13.1. The number of ether oxygens (including phenoxy) is 4. The van der Waals surface area contributed by atoms with Gasteiger partial charge in [-0.15, -0.1) is 0 Å². The molecule has 1 aromatic heterocycles. The lowest BCUT2D eigenvalue weighted by Crippen LogP contribution is -2.61. The molecule has 0 saturated carbocycles. The quantitative estimate of drug-likeness (QED) is 0.102. The SMILES string of the molecule is O=c1c(-c2c(O)c(O)c(O)c(O)c2O)coc2cc(O[C@@H]3O[C@H](CO[C@@H]4OC[C@@H](O)[C@H](O)[C@H]4O)[C@@H](O)[C@H](O)[C@H]3O)ccc12. The Bertz CT molecular complexity index is 1530. The van der Waals surface area contributed by atoms with E-state index in [2.05, 4.69) is 0 Å². The minimum Gasteiger partial charge on any atom is -0.504 e. The summed E-state index contributed by atoms with van der Waals surface area (Å²) in [5, 5.41) is 110. The molecule has 234 valence electrons. The van der Waals surface area contributed by atoms with E-state index in [0.29, 0.717) is 0 Å². The van der Waals surface area contributed by atoms with Crippen LogP contribution in [0.3, 0.4) is 0 Å². The molecule has 2 aromatic carbocycles. The second-order valence-corrected chi connectivity index (χ2v) is 9.97. The second kappa shape index (κ2) is 11.6. The summed E-state index contributed by atoms with van der Waals surface area (Å²) in [6.07, 6.45) is -13.3. The summed E-state index contributed by atoms with van der Waals surface area (Å²) in [5.41, 5.74) is -2.13. The van der Waals surface area contributed by atoms with Crippen molar-refractivity contribution in [2.75, 3.05) is 13.2 Å². The summed E-state index contributed by atoms with van der Waals surface area (Å²) in [6.45, 7) is -0.849. The molecule has 0 aliphatic carbocycles. The van der Waals surface area contributed by atoms with Crippen molar-refractivity contribution in [3.05, 3.63) is 34.7 Å². The molecule has 0 bridgehead atoms. The van der Waals surface area contributed by atoms with Crippen molar-refractivity contribution in [1.82, 2.24) is 0 Å². The molecule has 5 rings (SSSR count). The number of phenolic OH excluding ortho intramolecular Hbond substituents is 5. The van der Waals surface area contributed by atoms with Crippen LogP contribution in [-0.2, 0) is 14.2 Å². The minimum atomic E-state index is -1.78. The number of rotatable bonds is 6. The van der Waals surface area contributed by atoms with Gasteiger partial charge in [-0.1, -0.05) is 0 Å². The van der Waals surface area contributed by atoms with E-state index in [4.69, 9.17) is 23.4 Å². The summed E-state index contributed by atoms with van der Waals surface area (Å²) >= 11 is 0. The highest BCUT2D eigenvalue weighted by atomic mass is 16.7. The fourth-order valence-electron chi connectivity index (χ4n) is 4.70. The lowest BCUT2D eigenvalue weighted by molar-refractivity contribution is -0.307. The Balaban J connectivity index is 1.35. The Morgan fingerprint density at radius 3 is 2.07 bits per heavy atom. The van der Waals surface area contributed by atoms with Gasteiger partial charge in [-0.2, -0.15) is 0 Å². The molecular formula is C26H28O17. The Hall–Kier alpha value is -3.91. The first kappa shape index (κ1) is 30.5. The van der Waals surface area contributed by atoms with Gasteiger partial charge in [0.25, 0.3) is 0 Å². The van der Waals surface area contributed by atoms with Gasteiger partial charge in [0.2, 0.25) is 29.0 Å². The number of aromatic hydroxyl groups is 5. The normalized spacial score (nSPS) is 31.3. The molecule has 11 N–H and O–H groups in total. The van der Waals surface area contributed by atoms with Crippen molar-refractivity contribution < 1.29 is 79.5 Å². The van der Waals surface area contributed by atoms with Gasteiger partial charge in [-0.25, -0.2) is 0 Å². The number of aliphatic hydroxyl groups excluding tert-OH is 6. The lowest BCUT2D eigenvalue weighted by Gasteiger charge is -2.41. The predicted octanol–water partition coefficient (Wildman–Crippen LogP) is -2.37. The minimum absolute atomic E-state index is 0.0514. The van der Waals surface area contributed by atoms with Crippen molar-refractivity contribution >= 4 is 11.0 Å². The third-order valence-corrected chi connectivity index (χ3v) is 7.19. The van der Waals surface area contributed by atoms with Gasteiger partial charge in [0.15, 0.2) is 17.8 Å². The van der Waals surface area contributed by atoms with Crippen molar-refractivity contribution in [1.29, 1.82) is 0 Å². The topological polar surface area (TPSA) is 290 Å². The van der Waals surface area contributed by atoms with Crippen molar-refractivity contribution in [3.63, 3.8) is 0 Å². The summed E-state index contributed by atoms with van der Waals surface area (Å²) in [7, 11) is 0. The molecule has 2 fully saturated rings. The standard InChI is InChI=1S/C26H28O17/c27-10-5-40-25(23(37)15(10)29)41-6-12-16(30)19(33)24(38)26(43-12)42-7-1-2-8-11(3-7)39-4-9(14(8)28)13-17(31)20(34)22(36)21(35)18(13)32/h1-4,10,12,15-16,19,23-27,29-38H,5-6H2/t10-,12-,15+,16-,19+,23-,24-,25+,26-/m1/s1. The van der Waals surface area contributed by atoms with E-state index in [1.165, 1.54) is 18.2 Å². The molecular weight excluding hydrogens is 584 g/mol. The van der Waals surface area contributed by atoms with Crippen LogP contribution in [0.2, 0.25) is 0 Å². The Labute approximate surface area is 239 Å². The van der Waals surface area contributed by atoms with Crippen LogP contribution in [0.1, 0.15) is 0 Å². The maximum atomic E-state index is 13.1. The first-order valence-corrected chi connectivity index (χ1v) is 12.7. The second-order valence-electron chi connectivity index (χ2n) is 9.97. The molecule has 0 radical (unpaired) electrons. The molecule has 0 amide bonds. The Kier molecular flexibility index (Phi) is 8.27. The number of phenols is 5. The Morgan fingerprint density at radius 1 is 0.767 bits per heavy atom. The number of fused-ring (bicyclic) bond motifs is 1. The van der Waals surface area contributed by atoms with Crippen molar-refractivity contribution in [2.24, 2.45) is 0 Å². The largest absolute Gasteiger partial charge is 0.504 e. The number of benzene rings is 2. The molecule has 17 heteroatoms. The molecule has 2 saturated heterocycles. The molecule has 17 nitrogen and oxygen atoms in total. The van der Waals surface area contributed by atoms with Crippen molar-refractivity contribution in [3.8, 4) is 45.6 Å². The maximum Gasteiger partial charge on any atom is 0.229 e. The summed E-state index contributed by atoms with van der Waals surface area (Å²) < 4.78 is 27.1. The molecule has 3 heterocycles. The first-order valence-electron chi connectivity index (χ1n) is 12.7. The van der Waals surface area contributed by atoms with Gasteiger partial charge in [0, 0.05) is 6.07 Å². The predicted molar refractivity (Wildman–Crippen MR) is 137 cm³/mol. The number of hydrogen-bond donors (Lipinski definition) is 11. The van der Waals surface area contributed by atoms with Gasteiger partial charge in [0.1, 0.15) is 60.3 Å². The van der Waals surface area contributed by atoms with E-state index in [1.807, 2.05) is 0 Å². The van der Waals surface area contributed by atoms with Crippen molar-refractivity contribution in [2.45, 2.75) is 55.3 Å². The van der Waals surface area contributed by atoms with E-state index < -0.39 is 107 Å². The first-order chi connectivity index (χ1) is 20.3. The van der Waals surface area contributed by atoms with Crippen LogP contribution >= 0.6 is 0 Å². The van der Waals surface area contributed by atoms with E-state index in [0.717, 1.165) is 6.26 Å². The van der Waals surface area contributed by atoms with Gasteiger partial charge in [-0.3, -0.25) is 4.79 Å². The Morgan fingerprint density at radius 2 is 1.40 bits per heavy atom. The summed E-state index contributed by atoms with van der Waals surface area (Å²) in [6, 6.07) is 3.65. The molecule has 0 unspecified atom stereocenters. The van der Waals surface area contributed by atoms with Crippen LogP contribution in [-0.4, -0.2) is 125 Å². The van der Waals surface area contributed by atoms with E-state index in [-0.39, 0.29) is 23.3 Å². The zero-order chi connectivity index (χ0) is 31.3. The van der Waals surface area contributed by atoms with Crippen LogP contribution < -0.4 is 10.2 Å². The smallest absolute Gasteiger partial charge is 0.229 e. The molecule has 2 aliphatic rings. The fraction of sp³-hybridized carbons (Fsp3) is 0.423. The maximum absolute atomic E-state index is 13.1. The highest BCUT2D eigenvalue weighted by Gasteiger charge is 2.46. The van der Waals surface area contributed by atoms with Gasteiger partial charge < -0.3 is 79.5 Å². The third kappa shape index (κ3) is 5.37. The van der Waals surface area contributed by atoms with Crippen LogP contribution in [0.15, 0.2) is 33.7 Å². The third-order valence-electron chi connectivity index (χ3n) is 7.19. The monoisotopic (exact) mass is 612 g/mol. The van der Waals surface area contributed by atoms with Gasteiger partial charge in [-0.05, 0) is 12.1 Å². The zero-order valence-electron chi connectivity index (χ0n) is 21.8. The number of aliphatic hydroxyl groups is 6.